The van der Waals surface area contributed by atoms with E-state index in [1.165, 1.54) is 0 Å². The standard InChI is InChI=1S/C15H22N2OS/c1-4-12-8-6-7-9-13(12)15(18)17(5-2)10-11(3)14(16)19/h6-9,11H,4-5,10H2,1-3H3,(H2,16,19). The van der Waals surface area contributed by atoms with Gasteiger partial charge in [-0.1, -0.05) is 44.3 Å². The Labute approximate surface area is 120 Å². The summed E-state index contributed by atoms with van der Waals surface area (Å²) in [5.41, 5.74) is 7.48. The fourth-order valence-electron chi connectivity index (χ4n) is 1.98. The van der Waals surface area contributed by atoms with Gasteiger partial charge in [0.1, 0.15) is 0 Å². The summed E-state index contributed by atoms with van der Waals surface area (Å²) in [5.74, 6) is 0.0933. The van der Waals surface area contributed by atoms with Crippen LogP contribution >= 0.6 is 12.2 Å². The second-order valence-corrected chi connectivity index (χ2v) is 5.13. The first-order chi connectivity index (χ1) is 9.01. The Morgan fingerprint density at radius 3 is 2.53 bits per heavy atom. The highest BCUT2D eigenvalue weighted by Crippen LogP contribution is 2.14. The Hall–Kier alpha value is -1.42. The van der Waals surface area contributed by atoms with E-state index in [2.05, 4.69) is 6.92 Å². The van der Waals surface area contributed by atoms with Gasteiger partial charge in [0, 0.05) is 24.6 Å². The fraction of sp³-hybridized carbons (Fsp3) is 0.467. The predicted molar refractivity (Wildman–Crippen MR) is 83.3 cm³/mol. The molecule has 2 N–H and O–H groups in total. The van der Waals surface area contributed by atoms with E-state index < -0.39 is 0 Å². The van der Waals surface area contributed by atoms with Crippen LogP contribution in [0.2, 0.25) is 0 Å². The molecule has 1 amide bonds. The van der Waals surface area contributed by atoms with E-state index in [4.69, 9.17) is 18.0 Å². The molecule has 0 saturated carbocycles. The lowest BCUT2D eigenvalue weighted by Gasteiger charge is -2.25. The van der Waals surface area contributed by atoms with Crippen molar-refractivity contribution in [2.75, 3.05) is 13.1 Å². The average Bonchev–Trinajstić information content (AvgIpc) is 2.43. The van der Waals surface area contributed by atoms with E-state index in [9.17, 15) is 4.79 Å². The summed E-state index contributed by atoms with van der Waals surface area (Å²) in [6.45, 7) is 7.20. The van der Waals surface area contributed by atoms with Crippen molar-refractivity contribution in [2.24, 2.45) is 11.7 Å². The number of benzene rings is 1. The lowest BCUT2D eigenvalue weighted by Crippen LogP contribution is -2.38. The maximum Gasteiger partial charge on any atom is 0.254 e. The minimum atomic E-state index is 0.0349. The Bertz CT molecular complexity index is 459. The van der Waals surface area contributed by atoms with Crippen LogP contribution in [0.4, 0.5) is 0 Å². The second kappa shape index (κ2) is 7.24. The molecule has 3 nitrogen and oxygen atoms in total. The van der Waals surface area contributed by atoms with E-state index in [-0.39, 0.29) is 11.8 Å². The number of hydrogen-bond donors (Lipinski definition) is 1. The van der Waals surface area contributed by atoms with Gasteiger partial charge in [-0.2, -0.15) is 0 Å². The molecule has 0 fully saturated rings. The number of carbonyl (C=O) groups is 1. The summed E-state index contributed by atoms with van der Waals surface area (Å²) in [5, 5.41) is 0. The smallest absolute Gasteiger partial charge is 0.254 e. The van der Waals surface area contributed by atoms with Crippen molar-refractivity contribution < 1.29 is 4.79 Å². The zero-order valence-corrected chi connectivity index (χ0v) is 12.7. The van der Waals surface area contributed by atoms with Gasteiger partial charge >= 0.3 is 0 Å². The molecule has 0 spiro atoms. The minimum absolute atomic E-state index is 0.0349. The van der Waals surface area contributed by atoms with Gasteiger partial charge in [0.2, 0.25) is 0 Å². The molecular formula is C15H22N2OS. The number of nitrogens with zero attached hydrogens (tertiary/aromatic N) is 1. The molecule has 19 heavy (non-hydrogen) atoms. The van der Waals surface area contributed by atoms with Crippen LogP contribution < -0.4 is 5.73 Å². The normalized spacial score (nSPS) is 11.9. The molecule has 0 radical (unpaired) electrons. The van der Waals surface area contributed by atoms with Crippen LogP contribution in [0.25, 0.3) is 0 Å². The molecule has 0 aliphatic carbocycles. The van der Waals surface area contributed by atoms with Crippen molar-refractivity contribution in [3.05, 3.63) is 35.4 Å². The molecular weight excluding hydrogens is 256 g/mol. The summed E-state index contributed by atoms with van der Waals surface area (Å²) in [7, 11) is 0. The summed E-state index contributed by atoms with van der Waals surface area (Å²) in [4.78, 5) is 14.8. The van der Waals surface area contributed by atoms with Gasteiger partial charge in [-0.15, -0.1) is 0 Å². The lowest BCUT2D eigenvalue weighted by atomic mass is 10.0. The van der Waals surface area contributed by atoms with Crippen LogP contribution in [0.5, 0.6) is 0 Å². The van der Waals surface area contributed by atoms with Gasteiger partial charge in [-0.3, -0.25) is 4.79 Å². The average molecular weight is 278 g/mol. The minimum Gasteiger partial charge on any atom is -0.393 e. The number of aryl methyl sites for hydroxylation is 1. The number of hydrogen-bond acceptors (Lipinski definition) is 2. The highest BCUT2D eigenvalue weighted by molar-refractivity contribution is 7.80. The van der Waals surface area contributed by atoms with Gasteiger partial charge in [-0.25, -0.2) is 0 Å². The first-order valence-corrected chi connectivity index (χ1v) is 7.08. The van der Waals surface area contributed by atoms with Gasteiger partial charge < -0.3 is 10.6 Å². The number of thiocarbonyl (C=S) groups is 1. The van der Waals surface area contributed by atoms with Crippen molar-refractivity contribution in [3.8, 4) is 0 Å². The maximum atomic E-state index is 12.6. The topological polar surface area (TPSA) is 46.3 Å². The molecule has 1 aromatic rings. The van der Waals surface area contributed by atoms with Crippen LogP contribution in [0.1, 0.15) is 36.7 Å². The molecule has 0 aliphatic heterocycles. The van der Waals surface area contributed by atoms with Gasteiger partial charge in [0.05, 0.1) is 4.99 Å². The van der Waals surface area contributed by atoms with Crippen LogP contribution in [0.3, 0.4) is 0 Å². The summed E-state index contributed by atoms with van der Waals surface area (Å²) < 4.78 is 0. The van der Waals surface area contributed by atoms with Gasteiger partial charge in [-0.05, 0) is 25.0 Å². The summed E-state index contributed by atoms with van der Waals surface area (Å²) >= 11 is 4.98. The van der Waals surface area contributed by atoms with E-state index in [0.717, 1.165) is 17.5 Å². The van der Waals surface area contributed by atoms with Crippen molar-refractivity contribution in [1.29, 1.82) is 0 Å². The van der Waals surface area contributed by atoms with Crippen molar-refractivity contribution in [1.82, 2.24) is 4.90 Å². The first-order valence-electron chi connectivity index (χ1n) is 6.67. The molecule has 0 saturated heterocycles. The molecule has 1 atom stereocenters. The zero-order chi connectivity index (χ0) is 14.4. The third-order valence-electron chi connectivity index (χ3n) is 3.28. The van der Waals surface area contributed by atoms with Gasteiger partial charge in [0.25, 0.3) is 5.91 Å². The molecule has 0 bridgehead atoms. The second-order valence-electron chi connectivity index (χ2n) is 4.66. The summed E-state index contributed by atoms with van der Waals surface area (Å²) in [6.07, 6.45) is 0.852. The Morgan fingerprint density at radius 2 is 2.00 bits per heavy atom. The molecule has 4 heteroatoms. The van der Waals surface area contributed by atoms with E-state index in [1.807, 2.05) is 38.1 Å². The highest BCUT2D eigenvalue weighted by Gasteiger charge is 2.19. The van der Waals surface area contributed by atoms with Gasteiger partial charge in [0.15, 0.2) is 0 Å². The van der Waals surface area contributed by atoms with E-state index >= 15 is 0 Å². The van der Waals surface area contributed by atoms with Crippen LogP contribution in [0, 0.1) is 5.92 Å². The Kier molecular flexibility index (Phi) is 5.96. The maximum absolute atomic E-state index is 12.6. The molecule has 1 aromatic carbocycles. The zero-order valence-electron chi connectivity index (χ0n) is 11.8. The van der Waals surface area contributed by atoms with E-state index in [1.54, 1.807) is 4.90 Å². The van der Waals surface area contributed by atoms with Crippen molar-refractivity contribution in [2.45, 2.75) is 27.2 Å². The van der Waals surface area contributed by atoms with Crippen molar-refractivity contribution >= 4 is 23.1 Å². The number of rotatable bonds is 6. The SMILES string of the molecule is CCc1ccccc1C(=O)N(CC)CC(C)C(N)=S. The van der Waals surface area contributed by atoms with Crippen molar-refractivity contribution in [3.63, 3.8) is 0 Å². The Morgan fingerprint density at radius 1 is 1.37 bits per heavy atom. The third-order valence-corrected chi connectivity index (χ3v) is 3.68. The third kappa shape index (κ3) is 4.03. The Balaban J connectivity index is 2.92. The molecule has 0 heterocycles. The monoisotopic (exact) mass is 278 g/mol. The molecule has 104 valence electrons. The first kappa shape index (κ1) is 15.6. The fourth-order valence-corrected chi connectivity index (χ4v) is 2.06. The lowest BCUT2D eigenvalue weighted by molar-refractivity contribution is 0.0754. The van der Waals surface area contributed by atoms with Crippen LogP contribution in [-0.2, 0) is 6.42 Å². The number of carbonyl (C=O) groups excluding carboxylic acids is 1. The highest BCUT2D eigenvalue weighted by atomic mass is 32.1. The predicted octanol–water partition coefficient (Wildman–Crippen LogP) is 2.63. The molecule has 0 aliphatic rings. The number of amides is 1. The molecule has 0 aromatic heterocycles. The number of nitrogens with two attached hydrogens (primary N) is 1. The molecule has 1 rings (SSSR count). The van der Waals surface area contributed by atoms with Crippen LogP contribution in [-0.4, -0.2) is 28.9 Å². The van der Waals surface area contributed by atoms with Crippen LogP contribution in [0.15, 0.2) is 24.3 Å². The molecule has 1 unspecified atom stereocenters. The summed E-state index contributed by atoms with van der Waals surface area (Å²) in [6, 6.07) is 7.74. The quantitative estimate of drug-likeness (QED) is 0.814. The largest absolute Gasteiger partial charge is 0.393 e. The van der Waals surface area contributed by atoms with E-state index in [0.29, 0.717) is 18.1 Å².